The van der Waals surface area contributed by atoms with Crippen molar-refractivity contribution < 1.29 is 4.79 Å². The lowest BCUT2D eigenvalue weighted by Crippen LogP contribution is -2.29. The number of hydrogen-bond acceptors (Lipinski definition) is 3. The van der Waals surface area contributed by atoms with E-state index in [2.05, 4.69) is 46.8 Å². The van der Waals surface area contributed by atoms with Crippen LogP contribution in [0.1, 0.15) is 15.9 Å². The van der Waals surface area contributed by atoms with E-state index in [-0.39, 0.29) is 5.91 Å². The van der Waals surface area contributed by atoms with Gasteiger partial charge in [0.2, 0.25) is 0 Å². The van der Waals surface area contributed by atoms with E-state index >= 15 is 0 Å². The highest BCUT2D eigenvalue weighted by atomic mass is 16.1. The Morgan fingerprint density at radius 3 is 2.58 bits per heavy atom. The van der Waals surface area contributed by atoms with E-state index in [0.29, 0.717) is 28.9 Å². The van der Waals surface area contributed by atoms with Crippen molar-refractivity contribution in [2.45, 2.75) is 12.6 Å². The molecule has 4 heteroatoms. The van der Waals surface area contributed by atoms with Gasteiger partial charge in [0.1, 0.15) is 0 Å². The van der Waals surface area contributed by atoms with Crippen molar-refractivity contribution in [3.8, 4) is 0 Å². The van der Waals surface area contributed by atoms with E-state index in [0.717, 1.165) is 6.54 Å². The number of fused-ring (bicyclic) bond motifs is 1. The van der Waals surface area contributed by atoms with Gasteiger partial charge in [-0.2, -0.15) is 0 Å². The highest BCUT2D eigenvalue weighted by Crippen LogP contribution is 2.28. The maximum atomic E-state index is 12.4. The predicted octanol–water partition coefficient (Wildman–Crippen LogP) is 3.96. The van der Waals surface area contributed by atoms with Crippen molar-refractivity contribution in [2.75, 3.05) is 11.1 Å². The summed E-state index contributed by atoms with van der Waals surface area (Å²) in [6.45, 7) is 0.823. The zero-order chi connectivity index (χ0) is 17.9. The van der Waals surface area contributed by atoms with Crippen molar-refractivity contribution in [1.29, 1.82) is 0 Å². The first kappa shape index (κ1) is 16.2. The molecule has 1 aliphatic heterocycles. The standard InChI is InChI=1S/C22H21N3O/c23-19-6-2-3-7-20(19)24-22(26)18-11-9-16(10-12-18)15-25-14-13-17-5-1-4-8-21(17)25/h1-14,17,21H,15,23H2,(H,24,26). The van der Waals surface area contributed by atoms with Crippen molar-refractivity contribution in [3.05, 3.63) is 96.2 Å². The van der Waals surface area contributed by atoms with Crippen LogP contribution in [0.25, 0.3) is 0 Å². The number of nitrogens with zero attached hydrogens (tertiary/aromatic N) is 1. The Morgan fingerprint density at radius 2 is 1.77 bits per heavy atom. The summed E-state index contributed by atoms with van der Waals surface area (Å²) in [6, 6.07) is 15.4. The van der Waals surface area contributed by atoms with E-state index in [1.807, 2.05) is 36.4 Å². The van der Waals surface area contributed by atoms with Crippen LogP contribution in [0.2, 0.25) is 0 Å². The molecular weight excluding hydrogens is 322 g/mol. The van der Waals surface area contributed by atoms with Gasteiger partial charge in [0.25, 0.3) is 5.91 Å². The Balaban J connectivity index is 1.41. The molecule has 0 spiro atoms. The first-order valence-corrected chi connectivity index (χ1v) is 8.74. The molecule has 0 fully saturated rings. The SMILES string of the molecule is Nc1ccccc1NC(=O)c1ccc(CN2C=CC3C=CC=CC32)cc1. The first-order chi connectivity index (χ1) is 12.7. The van der Waals surface area contributed by atoms with E-state index in [1.54, 1.807) is 12.1 Å². The Morgan fingerprint density at radius 1 is 1.00 bits per heavy atom. The molecule has 2 atom stereocenters. The first-order valence-electron chi connectivity index (χ1n) is 8.74. The average molecular weight is 343 g/mol. The van der Waals surface area contributed by atoms with Crippen molar-refractivity contribution in [2.24, 2.45) is 5.92 Å². The molecule has 1 amide bonds. The quantitative estimate of drug-likeness (QED) is 0.826. The lowest BCUT2D eigenvalue weighted by atomic mass is 9.97. The maximum absolute atomic E-state index is 12.4. The van der Waals surface area contributed by atoms with E-state index < -0.39 is 0 Å². The van der Waals surface area contributed by atoms with Crippen molar-refractivity contribution in [3.63, 3.8) is 0 Å². The second-order valence-corrected chi connectivity index (χ2v) is 6.59. The third kappa shape index (κ3) is 3.26. The number of nitrogen functional groups attached to an aromatic ring is 1. The van der Waals surface area contributed by atoms with Crippen LogP contribution in [-0.2, 0) is 6.54 Å². The monoisotopic (exact) mass is 343 g/mol. The third-order valence-electron chi connectivity index (χ3n) is 4.82. The van der Waals surface area contributed by atoms with Crippen LogP contribution in [0.3, 0.4) is 0 Å². The molecule has 0 radical (unpaired) electrons. The van der Waals surface area contributed by atoms with E-state index in [4.69, 9.17) is 5.73 Å². The Bertz CT molecular complexity index is 896. The van der Waals surface area contributed by atoms with Gasteiger partial charge in [-0.05, 0) is 36.0 Å². The fourth-order valence-corrected chi connectivity index (χ4v) is 3.37. The van der Waals surface area contributed by atoms with Gasteiger partial charge in [-0.25, -0.2) is 0 Å². The molecule has 3 N–H and O–H groups in total. The largest absolute Gasteiger partial charge is 0.397 e. The number of carbonyl (C=O) groups is 1. The van der Waals surface area contributed by atoms with Crippen LogP contribution in [0.15, 0.2) is 85.1 Å². The van der Waals surface area contributed by atoms with Gasteiger partial charge in [0.15, 0.2) is 0 Å². The number of carbonyl (C=O) groups excluding carboxylic acids is 1. The fraction of sp³-hybridized carbons (Fsp3) is 0.136. The minimum atomic E-state index is -0.157. The molecule has 1 heterocycles. The zero-order valence-electron chi connectivity index (χ0n) is 14.4. The maximum Gasteiger partial charge on any atom is 0.255 e. The topological polar surface area (TPSA) is 58.4 Å². The molecule has 4 nitrogen and oxygen atoms in total. The highest BCUT2D eigenvalue weighted by molar-refractivity contribution is 6.05. The summed E-state index contributed by atoms with van der Waals surface area (Å²) < 4.78 is 0. The number of rotatable bonds is 4. The second kappa shape index (κ2) is 6.92. The minimum absolute atomic E-state index is 0.157. The fourth-order valence-electron chi connectivity index (χ4n) is 3.37. The zero-order valence-corrected chi connectivity index (χ0v) is 14.4. The van der Waals surface area contributed by atoms with Gasteiger partial charge in [0.05, 0.1) is 17.4 Å². The number of amides is 1. The predicted molar refractivity (Wildman–Crippen MR) is 105 cm³/mol. The molecule has 0 saturated heterocycles. The molecule has 2 aromatic carbocycles. The molecular formula is C22H21N3O. The van der Waals surface area contributed by atoms with Gasteiger partial charge < -0.3 is 16.0 Å². The van der Waals surface area contributed by atoms with Gasteiger partial charge >= 0.3 is 0 Å². The summed E-state index contributed by atoms with van der Waals surface area (Å²) in [5.41, 5.74) is 8.86. The number of hydrogen-bond donors (Lipinski definition) is 2. The van der Waals surface area contributed by atoms with Gasteiger partial charge in [0, 0.05) is 18.0 Å². The summed E-state index contributed by atoms with van der Waals surface area (Å²) in [4.78, 5) is 14.7. The molecule has 0 aromatic heterocycles. The molecule has 4 rings (SSSR count). The molecule has 2 unspecified atom stereocenters. The summed E-state index contributed by atoms with van der Waals surface area (Å²) in [6.07, 6.45) is 13.1. The lowest BCUT2D eigenvalue weighted by Gasteiger charge is -2.27. The number of nitrogens with one attached hydrogen (secondary N) is 1. The number of anilines is 2. The van der Waals surface area contributed by atoms with Crippen molar-refractivity contribution in [1.82, 2.24) is 4.90 Å². The Hall–Kier alpha value is -3.27. The molecule has 0 saturated carbocycles. The number of allylic oxidation sites excluding steroid dienone is 2. The molecule has 0 bridgehead atoms. The minimum Gasteiger partial charge on any atom is -0.397 e. The highest BCUT2D eigenvalue weighted by Gasteiger charge is 2.26. The van der Waals surface area contributed by atoms with Gasteiger partial charge in [-0.3, -0.25) is 4.79 Å². The molecule has 1 aliphatic carbocycles. The molecule has 2 aliphatic rings. The van der Waals surface area contributed by atoms with Crippen LogP contribution in [0.4, 0.5) is 11.4 Å². The van der Waals surface area contributed by atoms with Crippen LogP contribution >= 0.6 is 0 Å². The van der Waals surface area contributed by atoms with Crippen molar-refractivity contribution >= 4 is 17.3 Å². The molecule has 130 valence electrons. The number of nitrogens with two attached hydrogens (primary N) is 1. The van der Waals surface area contributed by atoms with Crippen LogP contribution < -0.4 is 11.1 Å². The summed E-state index contributed by atoms with van der Waals surface area (Å²) in [7, 11) is 0. The number of benzene rings is 2. The van der Waals surface area contributed by atoms with E-state index in [1.165, 1.54) is 5.56 Å². The molecule has 2 aromatic rings. The Labute approximate surface area is 153 Å². The normalized spacial score (nSPS) is 20.2. The summed E-state index contributed by atoms with van der Waals surface area (Å²) in [5, 5.41) is 2.85. The van der Waals surface area contributed by atoms with Crippen LogP contribution in [-0.4, -0.2) is 16.8 Å². The average Bonchev–Trinajstić information content (AvgIpc) is 3.07. The van der Waals surface area contributed by atoms with Crippen LogP contribution in [0.5, 0.6) is 0 Å². The summed E-state index contributed by atoms with van der Waals surface area (Å²) >= 11 is 0. The van der Waals surface area contributed by atoms with Gasteiger partial charge in [-0.1, -0.05) is 54.6 Å². The third-order valence-corrected chi connectivity index (χ3v) is 4.82. The molecule has 26 heavy (non-hydrogen) atoms. The number of para-hydroxylation sites is 2. The summed E-state index contributed by atoms with van der Waals surface area (Å²) in [5.74, 6) is 0.303. The second-order valence-electron chi connectivity index (χ2n) is 6.59. The van der Waals surface area contributed by atoms with Gasteiger partial charge in [-0.15, -0.1) is 0 Å². The lowest BCUT2D eigenvalue weighted by molar-refractivity contribution is 0.102. The smallest absolute Gasteiger partial charge is 0.255 e. The Kier molecular flexibility index (Phi) is 4.32. The van der Waals surface area contributed by atoms with E-state index in [9.17, 15) is 4.79 Å². The van der Waals surface area contributed by atoms with Crippen LogP contribution in [0, 0.1) is 5.92 Å².